The predicted octanol–water partition coefficient (Wildman–Crippen LogP) is 2.09. The van der Waals surface area contributed by atoms with Gasteiger partial charge in [-0.25, -0.2) is 4.79 Å². The molecule has 0 N–H and O–H groups in total. The van der Waals surface area contributed by atoms with Gasteiger partial charge in [0.05, 0.1) is 13.2 Å². The van der Waals surface area contributed by atoms with E-state index in [9.17, 15) is 14.4 Å². The number of esters is 1. The number of ketones is 1. The molecule has 0 aromatic carbocycles. The van der Waals surface area contributed by atoms with Gasteiger partial charge in [0.15, 0.2) is 5.78 Å². The Morgan fingerprint density at radius 2 is 1.74 bits per heavy atom. The third-order valence-corrected chi connectivity index (χ3v) is 4.39. The average molecular weight is 343 g/mol. The van der Waals surface area contributed by atoms with Crippen LogP contribution in [0.4, 0.5) is 0 Å². The zero-order valence-corrected chi connectivity index (χ0v) is 15.3. The van der Waals surface area contributed by atoms with Crippen LogP contribution < -0.4 is 0 Å². The first kappa shape index (κ1) is 19.2. The molecule has 0 aliphatic carbocycles. The molecule has 6 nitrogen and oxygen atoms in total. The Kier molecular flexibility index (Phi) is 5.99. The van der Waals surface area contributed by atoms with Crippen LogP contribution in [0.1, 0.15) is 46.0 Å². The summed E-state index contributed by atoms with van der Waals surface area (Å²) in [4.78, 5) is 38.0. The highest BCUT2D eigenvalue weighted by atomic mass is 35.5. The van der Waals surface area contributed by atoms with Crippen LogP contribution in [-0.4, -0.2) is 52.7 Å². The predicted molar refractivity (Wildman–Crippen MR) is 88.1 cm³/mol. The number of halogens is 1. The number of carbonyl (C=O) groups is 3. The fourth-order valence-corrected chi connectivity index (χ4v) is 2.74. The van der Waals surface area contributed by atoms with Crippen LogP contribution >= 0.6 is 11.6 Å². The second-order valence-corrected chi connectivity index (χ2v) is 6.24. The summed E-state index contributed by atoms with van der Waals surface area (Å²) in [7, 11) is 4.53. The summed E-state index contributed by atoms with van der Waals surface area (Å²) < 4.78 is 6.40. The fourth-order valence-electron chi connectivity index (χ4n) is 2.58. The Hall–Kier alpha value is -1.82. The molecule has 0 saturated carbocycles. The van der Waals surface area contributed by atoms with Gasteiger partial charge >= 0.3 is 5.97 Å². The highest BCUT2D eigenvalue weighted by molar-refractivity contribution is 6.30. The minimum Gasteiger partial charge on any atom is -0.464 e. The van der Waals surface area contributed by atoms with Gasteiger partial charge in [-0.15, -0.1) is 11.6 Å². The number of nitrogens with zero attached hydrogens (tertiary/aromatic N) is 2. The quantitative estimate of drug-likeness (QED) is 0.467. The number of hydrogen-bond donors (Lipinski definition) is 0. The number of carbonyl (C=O) groups excluding carboxylic acids is 3. The SMILES string of the molecule is COC(=O)c1c(C)c(C(=O)[C@H](C)N(C)C(=O)[C@@H](C)Cl)c(C)n1C. The van der Waals surface area contributed by atoms with E-state index in [-0.39, 0.29) is 11.7 Å². The minimum absolute atomic E-state index is 0.237. The lowest BCUT2D eigenvalue weighted by molar-refractivity contribution is -0.130. The molecule has 0 spiro atoms. The maximum Gasteiger partial charge on any atom is 0.354 e. The summed E-state index contributed by atoms with van der Waals surface area (Å²) in [6, 6.07) is -0.686. The normalized spacial score (nSPS) is 13.4. The largest absolute Gasteiger partial charge is 0.464 e. The van der Waals surface area contributed by atoms with E-state index in [1.54, 1.807) is 46.4 Å². The van der Waals surface area contributed by atoms with Crippen LogP contribution in [0, 0.1) is 13.8 Å². The molecular weight excluding hydrogens is 320 g/mol. The number of amides is 1. The van der Waals surface area contributed by atoms with Crippen LogP contribution in [0.2, 0.25) is 0 Å². The van der Waals surface area contributed by atoms with Gasteiger partial charge < -0.3 is 14.2 Å². The number of Topliss-reactive ketones (excluding diaryl/α,β-unsaturated/α-hetero) is 1. The molecule has 1 aromatic heterocycles. The molecule has 0 aliphatic heterocycles. The molecule has 2 atom stereocenters. The van der Waals surface area contributed by atoms with E-state index >= 15 is 0 Å². The summed E-state index contributed by atoms with van der Waals surface area (Å²) >= 11 is 5.80. The molecule has 1 aromatic rings. The maximum atomic E-state index is 12.8. The standard InChI is InChI=1S/C16H23ClN2O4/c1-8-12(10(3)18(5)13(8)16(22)23-7)14(20)11(4)19(6)15(21)9(2)17/h9,11H,1-7H3/t9-,11+/m1/s1. The lowest BCUT2D eigenvalue weighted by Gasteiger charge is -2.25. The van der Waals surface area contributed by atoms with Gasteiger partial charge in [-0.1, -0.05) is 0 Å². The van der Waals surface area contributed by atoms with Crippen molar-refractivity contribution in [2.45, 2.75) is 39.1 Å². The Labute approximate surface area is 141 Å². The van der Waals surface area contributed by atoms with Gasteiger partial charge in [-0.2, -0.15) is 0 Å². The van der Waals surface area contributed by atoms with Crippen LogP contribution in [0.5, 0.6) is 0 Å². The van der Waals surface area contributed by atoms with Crippen molar-refractivity contribution in [2.24, 2.45) is 7.05 Å². The number of alkyl halides is 1. The van der Waals surface area contributed by atoms with E-state index in [0.717, 1.165) is 0 Å². The van der Waals surface area contributed by atoms with Crippen molar-refractivity contribution < 1.29 is 19.1 Å². The zero-order chi connectivity index (χ0) is 18.1. The van der Waals surface area contributed by atoms with E-state index in [1.807, 2.05) is 0 Å². The molecule has 128 valence electrons. The van der Waals surface area contributed by atoms with Crippen LogP contribution in [-0.2, 0) is 16.6 Å². The van der Waals surface area contributed by atoms with Gasteiger partial charge in [0.25, 0.3) is 0 Å². The highest BCUT2D eigenvalue weighted by Gasteiger charge is 2.31. The highest BCUT2D eigenvalue weighted by Crippen LogP contribution is 2.24. The van der Waals surface area contributed by atoms with Crippen molar-refractivity contribution in [3.8, 4) is 0 Å². The van der Waals surface area contributed by atoms with E-state index in [1.165, 1.54) is 12.0 Å². The summed E-state index contributed by atoms with van der Waals surface area (Å²) in [6.07, 6.45) is 0. The van der Waals surface area contributed by atoms with Crippen molar-refractivity contribution >= 4 is 29.3 Å². The average Bonchev–Trinajstić information content (AvgIpc) is 2.73. The first-order valence-electron chi connectivity index (χ1n) is 7.25. The third kappa shape index (κ3) is 3.42. The topological polar surface area (TPSA) is 68.6 Å². The number of rotatable bonds is 5. The Morgan fingerprint density at radius 3 is 2.17 bits per heavy atom. The van der Waals surface area contributed by atoms with Crippen LogP contribution in [0.3, 0.4) is 0 Å². The first-order valence-corrected chi connectivity index (χ1v) is 7.68. The molecule has 7 heteroatoms. The molecule has 1 rings (SSSR count). The second kappa shape index (κ2) is 7.17. The van der Waals surface area contributed by atoms with E-state index in [4.69, 9.17) is 16.3 Å². The molecular formula is C16H23ClN2O4. The molecule has 1 amide bonds. The fraction of sp³-hybridized carbons (Fsp3) is 0.562. The van der Waals surface area contributed by atoms with Crippen molar-refractivity contribution in [3.63, 3.8) is 0 Å². The van der Waals surface area contributed by atoms with E-state index in [0.29, 0.717) is 22.5 Å². The number of likely N-dealkylation sites (N-methyl/N-ethyl adjacent to an activating group) is 1. The molecule has 0 unspecified atom stereocenters. The summed E-state index contributed by atoms with van der Waals surface area (Å²) in [5.74, 6) is -1.07. The van der Waals surface area contributed by atoms with Crippen molar-refractivity contribution in [3.05, 3.63) is 22.5 Å². The molecule has 1 heterocycles. The summed E-state index contributed by atoms with van der Waals surface area (Å²) in [6.45, 7) is 6.66. The Bertz CT molecular complexity index is 649. The number of ether oxygens (including phenoxy) is 1. The lowest BCUT2D eigenvalue weighted by atomic mass is 10.00. The van der Waals surface area contributed by atoms with Gasteiger partial charge in [0, 0.05) is 25.4 Å². The number of hydrogen-bond acceptors (Lipinski definition) is 4. The molecule has 0 aliphatic rings. The van der Waals surface area contributed by atoms with Gasteiger partial charge in [-0.3, -0.25) is 9.59 Å². The summed E-state index contributed by atoms with van der Waals surface area (Å²) in [5.41, 5.74) is 1.97. The molecule has 0 saturated heterocycles. The zero-order valence-electron chi connectivity index (χ0n) is 14.6. The summed E-state index contributed by atoms with van der Waals surface area (Å²) in [5, 5.41) is -0.709. The van der Waals surface area contributed by atoms with Crippen molar-refractivity contribution in [1.29, 1.82) is 0 Å². The van der Waals surface area contributed by atoms with Crippen LogP contribution in [0.25, 0.3) is 0 Å². The lowest BCUT2D eigenvalue weighted by Crippen LogP contribution is -2.43. The number of methoxy groups -OCH3 is 1. The Balaban J connectivity index is 3.29. The van der Waals surface area contributed by atoms with Gasteiger partial charge in [0.2, 0.25) is 5.91 Å². The Morgan fingerprint density at radius 1 is 1.22 bits per heavy atom. The van der Waals surface area contributed by atoms with Gasteiger partial charge in [-0.05, 0) is 33.3 Å². The minimum atomic E-state index is -0.709. The molecule has 0 bridgehead atoms. The third-order valence-electron chi connectivity index (χ3n) is 4.20. The van der Waals surface area contributed by atoms with Gasteiger partial charge in [0.1, 0.15) is 11.1 Å². The molecule has 23 heavy (non-hydrogen) atoms. The van der Waals surface area contributed by atoms with E-state index < -0.39 is 17.4 Å². The number of aromatic nitrogens is 1. The molecule has 0 radical (unpaired) electrons. The van der Waals surface area contributed by atoms with E-state index in [2.05, 4.69) is 0 Å². The first-order chi connectivity index (χ1) is 10.6. The van der Waals surface area contributed by atoms with Crippen molar-refractivity contribution in [1.82, 2.24) is 9.47 Å². The second-order valence-electron chi connectivity index (χ2n) is 5.59. The van der Waals surface area contributed by atoms with Crippen LogP contribution in [0.15, 0.2) is 0 Å². The maximum absolute atomic E-state index is 12.8. The van der Waals surface area contributed by atoms with Crippen molar-refractivity contribution in [2.75, 3.05) is 14.2 Å². The molecule has 0 fully saturated rings. The monoisotopic (exact) mass is 342 g/mol. The smallest absolute Gasteiger partial charge is 0.354 e.